The van der Waals surface area contributed by atoms with Gasteiger partial charge in [-0.1, -0.05) is 12.1 Å². The van der Waals surface area contributed by atoms with Crippen molar-refractivity contribution >= 4 is 5.69 Å². The average Bonchev–Trinajstić information content (AvgIpc) is 2.80. The monoisotopic (exact) mass is 220 g/mol. The molecule has 1 aromatic carbocycles. The molecule has 0 aliphatic carbocycles. The van der Waals surface area contributed by atoms with E-state index in [1.807, 2.05) is 6.19 Å². The Kier molecular flexibility index (Phi) is 3.37. The average molecular weight is 220 g/mol. The number of nitrogens with zero attached hydrogens (tertiary/aromatic N) is 2. The number of nitriles is 1. The Hall–Kier alpha value is -1.60. The number of benzene rings is 1. The quantitative estimate of drug-likeness (QED) is 0.578. The van der Waals surface area contributed by atoms with Gasteiger partial charge in [0.05, 0.1) is 12.3 Å². The maximum atomic E-state index is 13.5. The molecule has 1 saturated heterocycles. The molecule has 0 spiro atoms. The Labute approximate surface area is 94.0 Å². The van der Waals surface area contributed by atoms with Gasteiger partial charge >= 0.3 is 0 Å². The summed E-state index contributed by atoms with van der Waals surface area (Å²) in [4.78, 5) is 1.40. The highest BCUT2D eigenvalue weighted by atomic mass is 19.1. The first-order valence-corrected chi connectivity index (χ1v) is 5.31. The lowest BCUT2D eigenvalue weighted by atomic mass is 10.1. The standard InChI is InChI=1S/C12H13FN2O/c13-11-3-1-2-4-12(11)15(9-14)7-10-5-6-16-8-10/h1-4,10H,5-8H2. The van der Waals surface area contributed by atoms with E-state index in [9.17, 15) is 4.39 Å². The van der Waals surface area contributed by atoms with Gasteiger partial charge < -0.3 is 4.74 Å². The van der Waals surface area contributed by atoms with Gasteiger partial charge in [0.1, 0.15) is 5.82 Å². The molecule has 0 N–H and O–H groups in total. The van der Waals surface area contributed by atoms with Crippen LogP contribution in [0.5, 0.6) is 0 Å². The lowest BCUT2D eigenvalue weighted by Gasteiger charge is -2.19. The number of anilines is 1. The third-order valence-electron chi connectivity index (χ3n) is 2.73. The first kappa shape index (κ1) is 10.9. The minimum atomic E-state index is -0.358. The van der Waals surface area contributed by atoms with Gasteiger partial charge in [0.15, 0.2) is 6.19 Å². The Bertz CT molecular complexity index is 396. The fraction of sp³-hybridized carbons (Fsp3) is 0.417. The Balaban J connectivity index is 2.10. The number of hydrogen-bond donors (Lipinski definition) is 0. The molecule has 4 heteroatoms. The second kappa shape index (κ2) is 4.95. The van der Waals surface area contributed by atoms with Crippen LogP contribution in [0.25, 0.3) is 0 Å². The van der Waals surface area contributed by atoms with Crippen molar-refractivity contribution in [2.24, 2.45) is 5.92 Å². The maximum Gasteiger partial charge on any atom is 0.184 e. The molecule has 0 amide bonds. The van der Waals surface area contributed by atoms with Crippen molar-refractivity contribution in [3.8, 4) is 6.19 Å². The number of halogens is 1. The second-order valence-electron chi connectivity index (χ2n) is 3.89. The molecular formula is C12H13FN2O. The van der Waals surface area contributed by atoms with Gasteiger partial charge in [-0.05, 0) is 18.6 Å². The molecule has 2 rings (SSSR count). The van der Waals surface area contributed by atoms with Crippen LogP contribution in [0.3, 0.4) is 0 Å². The van der Waals surface area contributed by atoms with E-state index in [1.165, 1.54) is 11.0 Å². The van der Waals surface area contributed by atoms with Gasteiger partial charge in [0.25, 0.3) is 0 Å². The lowest BCUT2D eigenvalue weighted by Crippen LogP contribution is -2.25. The van der Waals surface area contributed by atoms with E-state index in [1.54, 1.807) is 18.2 Å². The molecular weight excluding hydrogens is 207 g/mol. The van der Waals surface area contributed by atoms with Crippen molar-refractivity contribution in [1.82, 2.24) is 0 Å². The molecule has 84 valence electrons. The van der Waals surface area contributed by atoms with Gasteiger partial charge in [-0.2, -0.15) is 5.26 Å². The van der Waals surface area contributed by atoms with Crippen LogP contribution in [-0.4, -0.2) is 19.8 Å². The Morgan fingerprint density at radius 2 is 2.31 bits per heavy atom. The maximum absolute atomic E-state index is 13.5. The molecule has 3 nitrogen and oxygen atoms in total. The van der Waals surface area contributed by atoms with E-state index in [0.717, 1.165) is 13.0 Å². The van der Waals surface area contributed by atoms with Crippen LogP contribution in [0.1, 0.15) is 6.42 Å². The Morgan fingerprint density at radius 1 is 1.50 bits per heavy atom. The summed E-state index contributed by atoms with van der Waals surface area (Å²) in [7, 11) is 0. The zero-order chi connectivity index (χ0) is 11.4. The van der Waals surface area contributed by atoms with Gasteiger partial charge in [-0.15, -0.1) is 0 Å². The summed E-state index contributed by atoms with van der Waals surface area (Å²) in [5.41, 5.74) is 0.344. The fourth-order valence-electron chi connectivity index (χ4n) is 1.85. The molecule has 16 heavy (non-hydrogen) atoms. The van der Waals surface area contributed by atoms with Crippen molar-refractivity contribution < 1.29 is 9.13 Å². The zero-order valence-corrected chi connectivity index (χ0v) is 8.90. The van der Waals surface area contributed by atoms with Gasteiger partial charge in [0, 0.05) is 19.1 Å². The summed E-state index contributed by atoms with van der Waals surface area (Å²) in [5, 5.41) is 9.03. The van der Waals surface area contributed by atoms with E-state index in [-0.39, 0.29) is 5.82 Å². The number of para-hydroxylation sites is 1. The predicted molar refractivity (Wildman–Crippen MR) is 58.3 cm³/mol. The van der Waals surface area contributed by atoms with E-state index in [4.69, 9.17) is 10.00 Å². The van der Waals surface area contributed by atoms with Crippen LogP contribution in [0.15, 0.2) is 24.3 Å². The van der Waals surface area contributed by atoms with Crippen LogP contribution in [0.4, 0.5) is 10.1 Å². The molecule has 1 unspecified atom stereocenters. The summed E-state index contributed by atoms with van der Waals surface area (Å²) in [6.45, 7) is 1.92. The molecule has 1 aliphatic heterocycles. The fourth-order valence-corrected chi connectivity index (χ4v) is 1.85. The summed E-state index contributed by atoms with van der Waals surface area (Å²) in [5.74, 6) is -0.0396. The van der Waals surface area contributed by atoms with Gasteiger partial charge in [0.2, 0.25) is 0 Å². The molecule has 1 atom stereocenters. The van der Waals surface area contributed by atoms with Crippen molar-refractivity contribution in [2.45, 2.75) is 6.42 Å². The highest BCUT2D eigenvalue weighted by Gasteiger charge is 2.20. The van der Waals surface area contributed by atoms with Crippen molar-refractivity contribution in [1.29, 1.82) is 5.26 Å². The van der Waals surface area contributed by atoms with Crippen LogP contribution in [0.2, 0.25) is 0 Å². The molecule has 1 aliphatic rings. The van der Waals surface area contributed by atoms with Crippen LogP contribution in [0, 0.1) is 23.2 Å². The summed E-state index contributed by atoms with van der Waals surface area (Å²) >= 11 is 0. The van der Waals surface area contributed by atoms with E-state index in [0.29, 0.717) is 24.8 Å². The first-order valence-electron chi connectivity index (χ1n) is 5.31. The van der Waals surface area contributed by atoms with Crippen LogP contribution in [-0.2, 0) is 4.74 Å². The highest BCUT2D eigenvalue weighted by molar-refractivity contribution is 5.51. The van der Waals surface area contributed by atoms with E-state index < -0.39 is 0 Å². The molecule has 0 radical (unpaired) electrons. The number of rotatable bonds is 3. The Morgan fingerprint density at radius 3 is 2.94 bits per heavy atom. The van der Waals surface area contributed by atoms with Crippen LogP contribution >= 0.6 is 0 Å². The van der Waals surface area contributed by atoms with Crippen molar-refractivity contribution in [3.05, 3.63) is 30.1 Å². The third kappa shape index (κ3) is 2.31. The summed E-state index contributed by atoms with van der Waals surface area (Å²) in [6, 6.07) is 6.33. The second-order valence-corrected chi connectivity index (χ2v) is 3.89. The van der Waals surface area contributed by atoms with Crippen molar-refractivity contribution in [2.75, 3.05) is 24.7 Å². The van der Waals surface area contributed by atoms with Gasteiger partial charge in [-0.25, -0.2) is 4.39 Å². The number of hydrogen-bond acceptors (Lipinski definition) is 3. The molecule has 1 fully saturated rings. The molecule has 1 heterocycles. The van der Waals surface area contributed by atoms with Gasteiger partial charge in [-0.3, -0.25) is 4.90 Å². The normalized spacial score (nSPS) is 19.4. The third-order valence-corrected chi connectivity index (χ3v) is 2.73. The highest BCUT2D eigenvalue weighted by Crippen LogP contribution is 2.21. The molecule has 0 aromatic heterocycles. The van der Waals surface area contributed by atoms with E-state index >= 15 is 0 Å². The first-order chi connectivity index (χ1) is 7.81. The lowest BCUT2D eigenvalue weighted by molar-refractivity contribution is 0.187. The molecule has 1 aromatic rings. The number of ether oxygens (including phenoxy) is 1. The topological polar surface area (TPSA) is 36.3 Å². The summed E-state index contributed by atoms with van der Waals surface area (Å²) in [6.07, 6.45) is 2.96. The smallest absolute Gasteiger partial charge is 0.184 e. The molecule has 0 bridgehead atoms. The largest absolute Gasteiger partial charge is 0.381 e. The minimum Gasteiger partial charge on any atom is -0.381 e. The van der Waals surface area contributed by atoms with E-state index in [2.05, 4.69) is 0 Å². The SMILES string of the molecule is N#CN(CC1CCOC1)c1ccccc1F. The zero-order valence-electron chi connectivity index (χ0n) is 8.90. The summed E-state index contributed by atoms with van der Waals surface area (Å²) < 4.78 is 18.7. The predicted octanol–water partition coefficient (Wildman–Crippen LogP) is 2.15. The minimum absolute atomic E-state index is 0.319. The molecule has 0 saturated carbocycles. The van der Waals surface area contributed by atoms with Crippen molar-refractivity contribution in [3.63, 3.8) is 0 Å². The van der Waals surface area contributed by atoms with Crippen LogP contribution < -0.4 is 4.90 Å².